The Morgan fingerprint density at radius 2 is 1.58 bits per heavy atom. The lowest BCUT2D eigenvalue weighted by Gasteiger charge is -2.12. The molecule has 0 N–H and O–H groups in total. The Morgan fingerprint density at radius 3 is 2.27 bits per heavy atom. The van der Waals surface area contributed by atoms with Crippen LogP contribution in [0.3, 0.4) is 0 Å². The smallest absolute Gasteiger partial charge is 0.346 e. The van der Waals surface area contributed by atoms with Gasteiger partial charge in [0.1, 0.15) is 0 Å². The van der Waals surface area contributed by atoms with Gasteiger partial charge in [-0.1, -0.05) is 64.5 Å². The highest BCUT2D eigenvalue weighted by atomic mass is 79.9. The molecule has 0 aliphatic carbocycles. The lowest BCUT2D eigenvalue weighted by molar-refractivity contribution is -0.388. The molecule has 0 spiro atoms. The zero-order valence-corrected chi connectivity index (χ0v) is 15.6. The van der Waals surface area contributed by atoms with Crippen LogP contribution in [-0.4, -0.2) is 13.3 Å². The first-order valence-electron chi connectivity index (χ1n) is 7.41. The first-order valence-corrected chi connectivity index (χ1v) is 9.61. The molecule has 0 amide bonds. The van der Waals surface area contributed by atoms with Crippen molar-refractivity contribution in [1.82, 2.24) is 0 Å². The van der Waals surface area contributed by atoms with Gasteiger partial charge in [0.25, 0.3) is 5.69 Å². The van der Waals surface area contributed by atoms with Crippen LogP contribution in [0.1, 0.15) is 0 Å². The molecule has 0 saturated heterocycles. The van der Waals surface area contributed by atoms with E-state index in [-0.39, 0.29) is 5.75 Å². The molecular formula is C18H12BrNO5S. The Labute approximate surface area is 158 Å². The lowest BCUT2D eigenvalue weighted by atomic mass is 10.1. The number of rotatable bonds is 5. The molecule has 0 bridgehead atoms. The van der Waals surface area contributed by atoms with E-state index < -0.39 is 25.6 Å². The van der Waals surface area contributed by atoms with Crippen LogP contribution in [0.15, 0.2) is 82.2 Å². The van der Waals surface area contributed by atoms with Crippen LogP contribution in [0, 0.1) is 10.1 Å². The molecule has 0 unspecified atom stereocenters. The standard InChI is InChI=1S/C18H12BrNO5S/c19-14-10-11-18(16(12-14)20(21)22)26(23,24)25-17-9-5-4-8-15(17)13-6-2-1-3-7-13/h1-12H. The Morgan fingerprint density at radius 1 is 0.923 bits per heavy atom. The quantitative estimate of drug-likeness (QED) is 0.327. The van der Waals surface area contributed by atoms with Crippen molar-refractivity contribution in [2.24, 2.45) is 0 Å². The number of nitro benzene ring substituents is 1. The van der Waals surface area contributed by atoms with Gasteiger partial charge in [-0.2, -0.15) is 8.42 Å². The van der Waals surface area contributed by atoms with Gasteiger partial charge in [-0.15, -0.1) is 0 Å². The van der Waals surface area contributed by atoms with Crippen molar-refractivity contribution in [2.45, 2.75) is 4.90 Å². The summed E-state index contributed by atoms with van der Waals surface area (Å²) < 4.78 is 31.0. The molecule has 0 heterocycles. The highest BCUT2D eigenvalue weighted by Crippen LogP contribution is 2.34. The van der Waals surface area contributed by atoms with Gasteiger partial charge < -0.3 is 4.18 Å². The minimum Gasteiger partial charge on any atom is -0.378 e. The van der Waals surface area contributed by atoms with E-state index in [1.165, 1.54) is 12.1 Å². The van der Waals surface area contributed by atoms with Gasteiger partial charge in [0.05, 0.1) is 4.92 Å². The second kappa shape index (κ2) is 7.27. The third-order valence-corrected chi connectivity index (χ3v) is 5.33. The third kappa shape index (κ3) is 3.76. The summed E-state index contributed by atoms with van der Waals surface area (Å²) in [5.41, 5.74) is 0.775. The van der Waals surface area contributed by atoms with Gasteiger partial charge in [-0.3, -0.25) is 10.1 Å². The molecule has 0 radical (unpaired) electrons. The van der Waals surface area contributed by atoms with Crippen molar-refractivity contribution >= 4 is 31.7 Å². The molecule has 0 aromatic heterocycles. The van der Waals surface area contributed by atoms with Gasteiger partial charge in [0.15, 0.2) is 10.6 Å². The number of hydrogen-bond acceptors (Lipinski definition) is 5. The van der Waals surface area contributed by atoms with Gasteiger partial charge in [0, 0.05) is 16.1 Å². The topological polar surface area (TPSA) is 86.5 Å². The molecule has 0 aliphatic rings. The number of nitrogens with zero attached hydrogens (tertiary/aromatic N) is 1. The maximum Gasteiger partial charge on any atom is 0.346 e. The van der Waals surface area contributed by atoms with Gasteiger partial charge >= 0.3 is 10.1 Å². The van der Waals surface area contributed by atoms with E-state index in [2.05, 4.69) is 15.9 Å². The molecular weight excluding hydrogens is 422 g/mol. The second-order valence-electron chi connectivity index (χ2n) is 5.27. The number of para-hydroxylation sites is 1. The van der Waals surface area contributed by atoms with Crippen LogP contribution < -0.4 is 4.18 Å². The fraction of sp³-hybridized carbons (Fsp3) is 0. The van der Waals surface area contributed by atoms with E-state index in [1.54, 1.807) is 18.2 Å². The maximum absolute atomic E-state index is 12.7. The first kappa shape index (κ1) is 18.1. The average Bonchev–Trinajstić information content (AvgIpc) is 2.62. The molecule has 8 heteroatoms. The van der Waals surface area contributed by atoms with Gasteiger partial charge in [-0.25, -0.2) is 0 Å². The SMILES string of the molecule is O=[N+]([O-])c1cc(Br)ccc1S(=O)(=O)Oc1ccccc1-c1ccccc1. The van der Waals surface area contributed by atoms with Crippen LogP contribution in [0.25, 0.3) is 11.1 Å². The highest BCUT2D eigenvalue weighted by Gasteiger charge is 2.28. The predicted octanol–water partition coefficient (Wildman–Crippen LogP) is 4.79. The van der Waals surface area contributed by atoms with Crippen LogP contribution in [0.4, 0.5) is 5.69 Å². The van der Waals surface area contributed by atoms with Gasteiger partial charge in [-0.05, 0) is 23.8 Å². The molecule has 0 saturated carbocycles. The van der Waals surface area contributed by atoms with E-state index in [0.29, 0.717) is 10.0 Å². The molecule has 26 heavy (non-hydrogen) atoms. The Bertz CT molecular complexity index is 1070. The molecule has 3 aromatic carbocycles. The van der Waals surface area contributed by atoms with E-state index in [0.717, 1.165) is 17.7 Å². The normalized spacial score (nSPS) is 11.1. The third-order valence-electron chi connectivity index (χ3n) is 3.56. The van der Waals surface area contributed by atoms with Crippen molar-refractivity contribution in [3.8, 4) is 16.9 Å². The van der Waals surface area contributed by atoms with E-state index in [4.69, 9.17) is 4.18 Å². The largest absolute Gasteiger partial charge is 0.378 e. The summed E-state index contributed by atoms with van der Waals surface area (Å²) in [5.74, 6) is 0.0934. The fourth-order valence-electron chi connectivity index (χ4n) is 2.40. The van der Waals surface area contributed by atoms with Crippen molar-refractivity contribution in [2.75, 3.05) is 0 Å². The van der Waals surface area contributed by atoms with Crippen LogP contribution in [-0.2, 0) is 10.1 Å². The van der Waals surface area contributed by atoms with Crippen LogP contribution >= 0.6 is 15.9 Å². The average molecular weight is 434 g/mol. The molecule has 6 nitrogen and oxygen atoms in total. The maximum atomic E-state index is 12.7. The Hall–Kier alpha value is -2.71. The van der Waals surface area contributed by atoms with E-state index >= 15 is 0 Å². The van der Waals surface area contributed by atoms with E-state index in [1.807, 2.05) is 30.3 Å². The van der Waals surface area contributed by atoms with Crippen LogP contribution in [0.2, 0.25) is 0 Å². The zero-order valence-electron chi connectivity index (χ0n) is 13.2. The molecule has 3 rings (SSSR count). The second-order valence-corrected chi connectivity index (χ2v) is 7.70. The first-order chi connectivity index (χ1) is 12.4. The van der Waals surface area contributed by atoms with Gasteiger partial charge in [0.2, 0.25) is 0 Å². The van der Waals surface area contributed by atoms with Crippen molar-refractivity contribution in [3.05, 3.63) is 87.4 Å². The molecule has 3 aromatic rings. The molecule has 0 aliphatic heterocycles. The summed E-state index contributed by atoms with van der Waals surface area (Å²) in [6.07, 6.45) is 0. The van der Waals surface area contributed by atoms with Crippen molar-refractivity contribution < 1.29 is 17.5 Å². The summed E-state index contributed by atoms with van der Waals surface area (Å²) in [7, 11) is -4.40. The minimum atomic E-state index is -4.40. The monoisotopic (exact) mass is 433 g/mol. The van der Waals surface area contributed by atoms with E-state index in [9.17, 15) is 18.5 Å². The molecule has 0 atom stereocenters. The summed E-state index contributed by atoms with van der Waals surface area (Å²) in [6.45, 7) is 0. The number of benzene rings is 3. The Balaban J connectivity index is 2.07. The predicted molar refractivity (Wildman–Crippen MR) is 100 cm³/mol. The van der Waals surface area contributed by atoms with Crippen molar-refractivity contribution in [1.29, 1.82) is 0 Å². The zero-order chi connectivity index (χ0) is 18.7. The number of hydrogen-bond donors (Lipinski definition) is 0. The van der Waals surface area contributed by atoms with Crippen LogP contribution in [0.5, 0.6) is 5.75 Å². The highest BCUT2D eigenvalue weighted by molar-refractivity contribution is 9.10. The Kier molecular flexibility index (Phi) is 5.06. The molecule has 132 valence electrons. The molecule has 0 fully saturated rings. The lowest BCUT2D eigenvalue weighted by Crippen LogP contribution is -2.12. The summed E-state index contributed by atoms with van der Waals surface area (Å²) in [4.78, 5) is 9.96. The summed E-state index contributed by atoms with van der Waals surface area (Å²) >= 11 is 3.10. The number of halogens is 1. The fourth-order valence-corrected chi connectivity index (χ4v) is 3.85. The summed E-state index contributed by atoms with van der Waals surface area (Å²) in [5, 5.41) is 11.2. The summed E-state index contributed by atoms with van der Waals surface area (Å²) in [6, 6.07) is 19.4. The van der Waals surface area contributed by atoms with Crippen molar-refractivity contribution in [3.63, 3.8) is 0 Å². The minimum absolute atomic E-state index is 0.0934. The number of nitro groups is 1.